The summed E-state index contributed by atoms with van der Waals surface area (Å²) in [7, 11) is 0. The summed E-state index contributed by atoms with van der Waals surface area (Å²) in [6.07, 6.45) is 59.5. The minimum atomic E-state index is 0. The van der Waals surface area contributed by atoms with Crippen molar-refractivity contribution >= 4 is 46.1 Å². The highest BCUT2D eigenvalue weighted by atomic mass is 79.9. The second-order valence-electron chi connectivity index (χ2n) is 19.7. The molecule has 3 nitrogen and oxygen atoms in total. The van der Waals surface area contributed by atoms with Crippen LogP contribution >= 0.6 is 0 Å². The molecule has 0 bridgehead atoms. The highest BCUT2D eigenvalue weighted by Crippen LogP contribution is 2.32. The summed E-state index contributed by atoms with van der Waals surface area (Å²) < 4.78 is 7.35. The highest BCUT2D eigenvalue weighted by molar-refractivity contribution is 6.09. The Morgan fingerprint density at radius 2 is 0.612 bits per heavy atom. The van der Waals surface area contributed by atoms with Crippen molar-refractivity contribution in [1.82, 2.24) is 4.57 Å². The van der Waals surface area contributed by atoms with Gasteiger partial charge in [0.05, 0.1) is 0 Å². The second-order valence-corrected chi connectivity index (χ2v) is 19.7. The largest absolute Gasteiger partial charge is 1.00 e. The Kier molecular flexibility index (Phi) is 32.1. The van der Waals surface area contributed by atoms with E-state index in [0.717, 1.165) is 19.6 Å². The number of nitrogens with zero attached hydrogens (tertiary/aromatic N) is 3. The molecule has 0 saturated carbocycles. The SMILES string of the molecule is CCCCCCCCCCCCn1c2cc(/C=C/c3cc[n+](CCCCCCCCCCCC)cc3)ccc2c2ccc(/C=C/c3cc[n+](CCCCCCCCCCCC)cc3)cc21.[Br-].[Br-]. The lowest BCUT2D eigenvalue weighted by Gasteiger charge is -2.09. The van der Waals surface area contributed by atoms with Crippen LogP contribution < -0.4 is 43.1 Å². The number of hydrogen-bond acceptors (Lipinski definition) is 0. The van der Waals surface area contributed by atoms with Crippen LogP contribution in [0.25, 0.3) is 46.1 Å². The standard InChI is InChI=1S/C62H93N3.2BrH/c1-4-7-10-13-16-19-22-25-28-31-46-63-49-42-55(43-50-63)34-36-57-38-40-59-60-41-39-58(54-62(60)65(61(59)53-57)48-33-30-27-24-21-18-15-12-9-6-3)37-35-56-44-51-64(52-45-56)47-32-29-26-23-20-17-14-11-8-5-2;;/h34-45,49-54H,4-33,46-48H2,1-3H3;2*1H/q+2;;/p-2. The van der Waals surface area contributed by atoms with Crippen molar-refractivity contribution < 1.29 is 43.1 Å². The first-order chi connectivity index (χ1) is 32.2. The summed E-state index contributed by atoms with van der Waals surface area (Å²) in [6.45, 7) is 10.2. The highest BCUT2D eigenvalue weighted by Gasteiger charge is 2.12. The maximum absolute atomic E-state index is 2.63. The van der Waals surface area contributed by atoms with Crippen molar-refractivity contribution in [2.24, 2.45) is 0 Å². The lowest BCUT2D eigenvalue weighted by atomic mass is 10.1. The summed E-state index contributed by atoms with van der Waals surface area (Å²) in [4.78, 5) is 0. The fourth-order valence-electron chi connectivity index (χ4n) is 9.74. The molecule has 0 radical (unpaired) electrons. The van der Waals surface area contributed by atoms with Crippen LogP contribution in [0.5, 0.6) is 0 Å². The van der Waals surface area contributed by atoms with E-state index in [0.29, 0.717) is 0 Å². The van der Waals surface area contributed by atoms with E-state index in [1.807, 2.05) is 0 Å². The Morgan fingerprint density at radius 1 is 0.328 bits per heavy atom. The Labute approximate surface area is 431 Å². The van der Waals surface area contributed by atoms with Crippen molar-refractivity contribution in [3.8, 4) is 0 Å². The molecule has 0 spiro atoms. The molecular weight excluding hydrogens is 947 g/mol. The molecule has 5 rings (SSSR count). The average molecular weight is 1040 g/mol. The average Bonchev–Trinajstić information content (AvgIpc) is 3.64. The van der Waals surface area contributed by atoms with Gasteiger partial charge in [-0.1, -0.05) is 230 Å². The first-order valence-electron chi connectivity index (χ1n) is 27.6. The molecule has 0 saturated heterocycles. The molecule has 0 fully saturated rings. The van der Waals surface area contributed by atoms with E-state index in [2.05, 4.69) is 144 Å². The molecule has 5 heteroatoms. The number of hydrogen-bond donors (Lipinski definition) is 0. The molecule has 0 aliphatic carbocycles. The number of fused-ring (bicyclic) bond motifs is 3. The van der Waals surface area contributed by atoms with E-state index in [4.69, 9.17) is 0 Å². The van der Waals surface area contributed by atoms with Crippen LogP contribution in [0.2, 0.25) is 0 Å². The van der Waals surface area contributed by atoms with Crippen molar-refractivity contribution in [3.05, 3.63) is 108 Å². The number of halogens is 2. The van der Waals surface area contributed by atoms with Crippen LogP contribution in [0.1, 0.15) is 236 Å². The molecular formula is C62H93Br2N3. The molecule has 0 atom stereocenters. The number of benzene rings is 2. The molecule has 67 heavy (non-hydrogen) atoms. The molecule has 5 aromatic rings. The molecule has 0 aliphatic rings. The zero-order valence-corrected chi connectivity index (χ0v) is 46.0. The van der Waals surface area contributed by atoms with E-state index in [-0.39, 0.29) is 34.0 Å². The number of unbranched alkanes of at least 4 members (excludes halogenated alkanes) is 27. The van der Waals surface area contributed by atoms with E-state index >= 15 is 0 Å². The van der Waals surface area contributed by atoms with Crippen molar-refractivity contribution in [2.75, 3.05) is 0 Å². The van der Waals surface area contributed by atoms with E-state index in [1.54, 1.807) is 0 Å². The summed E-state index contributed by atoms with van der Waals surface area (Å²) in [5.41, 5.74) is 7.76. The fourth-order valence-corrected chi connectivity index (χ4v) is 9.74. The summed E-state index contributed by atoms with van der Waals surface area (Å²) in [6, 6.07) is 23.3. The van der Waals surface area contributed by atoms with Crippen LogP contribution in [0.3, 0.4) is 0 Å². The van der Waals surface area contributed by atoms with Crippen LogP contribution in [0.4, 0.5) is 0 Å². The van der Waals surface area contributed by atoms with Gasteiger partial charge in [-0.2, -0.15) is 0 Å². The summed E-state index contributed by atoms with van der Waals surface area (Å²) >= 11 is 0. The number of aromatic nitrogens is 3. The Balaban J connectivity index is 0.00000595. The van der Waals surface area contributed by atoms with Gasteiger partial charge < -0.3 is 38.5 Å². The molecule has 0 N–H and O–H groups in total. The third-order valence-electron chi connectivity index (χ3n) is 14.0. The molecule has 2 aromatic carbocycles. The van der Waals surface area contributed by atoms with Gasteiger partial charge in [0.25, 0.3) is 0 Å². The van der Waals surface area contributed by atoms with Crippen molar-refractivity contribution in [2.45, 2.75) is 233 Å². The second kappa shape index (κ2) is 36.9. The van der Waals surface area contributed by atoms with Gasteiger partial charge in [-0.25, -0.2) is 9.13 Å². The van der Waals surface area contributed by atoms with E-state index in [9.17, 15) is 0 Å². The lowest BCUT2D eigenvalue weighted by Crippen LogP contribution is -3.00. The van der Waals surface area contributed by atoms with Gasteiger partial charge in [0, 0.05) is 65.5 Å². The van der Waals surface area contributed by atoms with Gasteiger partial charge in [0.2, 0.25) is 0 Å². The molecule has 3 heterocycles. The first kappa shape index (κ1) is 58.3. The van der Waals surface area contributed by atoms with Gasteiger partial charge in [-0.3, -0.25) is 0 Å². The molecule has 0 amide bonds. The third kappa shape index (κ3) is 23.0. The van der Waals surface area contributed by atoms with E-state index < -0.39 is 0 Å². The Bertz CT molecular complexity index is 1910. The van der Waals surface area contributed by atoms with Crippen LogP contribution in [0, 0.1) is 0 Å². The zero-order chi connectivity index (χ0) is 45.4. The number of pyridine rings is 2. The van der Waals surface area contributed by atoms with Crippen LogP contribution in [-0.4, -0.2) is 4.57 Å². The Morgan fingerprint density at radius 3 is 0.940 bits per heavy atom. The van der Waals surface area contributed by atoms with Gasteiger partial charge >= 0.3 is 0 Å². The fraction of sp³-hybridized carbons (Fsp3) is 0.581. The summed E-state index contributed by atoms with van der Waals surface area (Å²) in [5.74, 6) is 0. The predicted molar refractivity (Wildman–Crippen MR) is 286 cm³/mol. The van der Waals surface area contributed by atoms with Gasteiger partial charge in [-0.05, 0) is 53.6 Å². The Hall–Kier alpha value is -3.02. The molecule has 370 valence electrons. The number of rotatable bonds is 37. The smallest absolute Gasteiger partial charge is 0.169 e. The quantitative estimate of drug-likeness (QED) is 0.0278. The normalized spacial score (nSPS) is 11.6. The van der Waals surface area contributed by atoms with Crippen LogP contribution in [-0.2, 0) is 19.6 Å². The first-order valence-corrected chi connectivity index (χ1v) is 27.6. The third-order valence-corrected chi connectivity index (χ3v) is 14.0. The minimum absolute atomic E-state index is 0. The molecule has 0 aliphatic heterocycles. The maximum atomic E-state index is 2.63. The van der Waals surface area contributed by atoms with E-state index in [1.165, 1.54) is 237 Å². The van der Waals surface area contributed by atoms with Gasteiger partial charge in [0.15, 0.2) is 24.8 Å². The maximum Gasteiger partial charge on any atom is 0.169 e. The zero-order valence-electron chi connectivity index (χ0n) is 42.8. The van der Waals surface area contributed by atoms with Crippen LogP contribution in [0.15, 0.2) is 85.5 Å². The lowest BCUT2D eigenvalue weighted by molar-refractivity contribution is -0.697. The predicted octanol–water partition coefficient (Wildman–Crippen LogP) is 12.5. The minimum Gasteiger partial charge on any atom is -1.00 e. The monoisotopic (exact) mass is 1040 g/mol. The van der Waals surface area contributed by atoms with Crippen molar-refractivity contribution in [3.63, 3.8) is 0 Å². The van der Waals surface area contributed by atoms with Gasteiger partial charge in [-0.15, -0.1) is 0 Å². The summed E-state index contributed by atoms with van der Waals surface area (Å²) in [5, 5.41) is 2.73. The topological polar surface area (TPSA) is 12.7 Å². The number of aryl methyl sites for hydroxylation is 3. The molecule has 0 unspecified atom stereocenters. The van der Waals surface area contributed by atoms with Gasteiger partial charge in [0.1, 0.15) is 13.1 Å². The van der Waals surface area contributed by atoms with Crippen molar-refractivity contribution in [1.29, 1.82) is 0 Å². The molecule has 3 aromatic heterocycles.